The third-order valence-corrected chi connectivity index (χ3v) is 4.21. The second-order valence-electron chi connectivity index (χ2n) is 5.55. The number of para-hydroxylation sites is 1. The number of benzene rings is 1. The van der Waals surface area contributed by atoms with E-state index in [1.807, 2.05) is 18.2 Å². The normalized spacial score (nSPS) is 18.8. The predicted octanol–water partition coefficient (Wildman–Crippen LogP) is 2.74. The summed E-state index contributed by atoms with van der Waals surface area (Å²) in [4.78, 5) is 8.89. The van der Waals surface area contributed by atoms with Gasteiger partial charge in [0.15, 0.2) is 0 Å². The molecule has 1 unspecified atom stereocenters. The van der Waals surface area contributed by atoms with Crippen molar-refractivity contribution in [3.05, 3.63) is 30.5 Å². The Morgan fingerprint density at radius 2 is 2.19 bits per heavy atom. The van der Waals surface area contributed by atoms with Crippen LogP contribution >= 0.6 is 0 Å². The molecule has 2 aromatic heterocycles. The Morgan fingerprint density at radius 3 is 3.05 bits per heavy atom. The van der Waals surface area contributed by atoms with Crippen molar-refractivity contribution in [1.82, 2.24) is 14.5 Å². The molecule has 1 saturated heterocycles. The number of nitrogens with zero attached hydrogens (tertiary/aromatic N) is 3. The summed E-state index contributed by atoms with van der Waals surface area (Å²) in [6, 6.07) is 8.12. The van der Waals surface area contributed by atoms with E-state index in [4.69, 9.17) is 10.5 Å². The fourth-order valence-corrected chi connectivity index (χ4v) is 3.15. The highest BCUT2D eigenvalue weighted by atomic mass is 16.5. The van der Waals surface area contributed by atoms with Gasteiger partial charge in [0.2, 0.25) is 5.95 Å². The summed E-state index contributed by atoms with van der Waals surface area (Å²) in [5.74, 6) is 0.557. The van der Waals surface area contributed by atoms with Crippen LogP contribution in [0.5, 0.6) is 0 Å². The average Bonchev–Trinajstić information content (AvgIpc) is 3.12. The minimum Gasteiger partial charge on any atom is -0.378 e. The molecule has 1 fully saturated rings. The van der Waals surface area contributed by atoms with Crippen molar-refractivity contribution in [1.29, 1.82) is 0 Å². The van der Waals surface area contributed by atoms with Crippen molar-refractivity contribution in [2.24, 2.45) is 0 Å². The highest BCUT2D eigenvalue weighted by Gasteiger charge is 2.17. The second kappa shape index (κ2) is 5.00. The van der Waals surface area contributed by atoms with Crippen LogP contribution < -0.4 is 5.73 Å². The molecule has 0 spiro atoms. The first-order valence-corrected chi connectivity index (χ1v) is 7.44. The van der Waals surface area contributed by atoms with Gasteiger partial charge in [0.1, 0.15) is 5.52 Å². The smallest absolute Gasteiger partial charge is 0.201 e. The number of aryl methyl sites for hydroxylation is 1. The lowest BCUT2D eigenvalue weighted by Crippen LogP contribution is -2.11. The van der Waals surface area contributed by atoms with Crippen LogP contribution in [0.1, 0.15) is 19.3 Å². The first-order valence-electron chi connectivity index (χ1n) is 7.44. The Morgan fingerprint density at radius 1 is 1.29 bits per heavy atom. The Bertz CT molecular complexity index is 789. The minimum absolute atomic E-state index is 0.356. The van der Waals surface area contributed by atoms with E-state index >= 15 is 0 Å². The standard InChI is InChI=1S/C16H18N4O/c17-16-19-14-10-18-13-6-2-1-5-12(13)15(14)20(16)8-7-11-4-3-9-21-11/h1-2,5-6,10-11H,3-4,7-9H2,(H2,17,19). The molecule has 0 radical (unpaired) electrons. The maximum Gasteiger partial charge on any atom is 0.201 e. The number of rotatable bonds is 3. The molecule has 0 amide bonds. The topological polar surface area (TPSA) is 66.0 Å². The molecule has 0 bridgehead atoms. The number of pyridine rings is 1. The molecule has 21 heavy (non-hydrogen) atoms. The summed E-state index contributed by atoms with van der Waals surface area (Å²) in [6.07, 6.45) is 5.45. The summed E-state index contributed by atoms with van der Waals surface area (Å²) >= 11 is 0. The Kier molecular flexibility index (Phi) is 3.00. The van der Waals surface area contributed by atoms with Crippen LogP contribution in [0.25, 0.3) is 21.9 Å². The van der Waals surface area contributed by atoms with Crippen LogP contribution in [0.3, 0.4) is 0 Å². The first-order chi connectivity index (χ1) is 10.3. The van der Waals surface area contributed by atoms with E-state index in [-0.39, 0.29) is 0 Å². The summed E-state index contributed by atoms with van der Waals surface area (Å²) in [7, 11) is 0. The van der Waals surface area contributed by atoms with Gasteiger partial charge in [-0.15, -0.1) is 0 Å². The molecular weight excluding hydrogens is 264 g/mol. The van der Waals surface area contributed by atoms with Gasteiger partial charge in [0.05, 0.1) is 23.3 Å². The Hall–Kier alpha value is -2.14. The van der Waals surface area contributed by atoms with E-state index in [2.05, 4.69) is 20.6 Å². The summed E-state index contributed by atoms with van der Waals surface area (Å²) in [6.45, 7) is 1.72. The molecule has 2 N–H and O–H groups in total. The van der Waals surface area contributed by atoms with E-state index < -0.39 is 0 Å². The Labute approximate surface area is 122 Å². The number of ether oxygens (including phenoxy) is 1. The zero-order valence-corrected chi connectivity index (χ0v) is 11.8. The van der Waals surface area contributed by atoms with Gasteiger partial charge in [-0.25, -0.2) is 4.98 Å². The second-order valence-corrected chi connectivity index (χ2v) is 5.55. The molecule has 5 nitrogen and oxygen atoms in total. The zero-order chi connectivity index (χ0) is 14.2. The van der Waals surface area contributed by atoms with Crippen LogP contribution in [0.2, 0.25) is 0 Å². The number of fused-ring (bicyclic) bond motifs is 3. The lowest BCUT2D eigenvalue weighted by Gasteiger charge is -2.12. The van der Waals surface area contributed by atoms with E-state index in [1.54, 1.807) is 6.20 Å². The van der Waals surface area contributed by atoms with E-state index in [1.165, 1.54) is 0 Å². The number of nitrogen functional groups attached to an aromatic ring is 1. The monoisotopic (exact) mass is 282 g/mol. The lowest BCUT2D eigenvalue weighted by molar-refractivity contribution is 0.101. The minimum atomic E-state index is 0.356. The fourth-order valence-electron chi connectivity index (χ4n) is 3.15. The number of hydrogen-bond acceptors (Lipinski definition) is 4. The molecule has 3 heterocycles. The quantitative estimate of drug-likeness (QED) is 0.802. The van der Waals surface area contributed by atoms with E-state index in [0.717, 1.165) is 54.4 Å². The molecule has 4 rings (SSSR count). The summed E-state index contributed by atoms with van der Waals surface area (Å²) in [5, 5.41) is 1.10. The SMILES string of the molecule is Nc1nc2cnc3ccccc3c2n1CCC1CCCO1. The van der Waals surface area contributed by atoms with Gasteiger partial charge in [0, 0.05) is 18.5 Å². The average molecular weight is 282 g/mol. The molecule has 5 heteroatoms. The van der Waals surface area contributed by atoms with Gasteiger partial charge < -0.3 is 15.0 Å². The van der Waals surface area contributed by atoms with Crippen molar-refractivity contribution in [3.63, 3.8) is 0 Å². The van der Waals surface area contributed by atoms with E-state index in [0.29, 0.717) is 12.1 Å². The first kappa shape index (κ1) is 12.6. The molecular formula is C16H18N4O. The Balaban J connectivity index is 1.79. The van der Waals surface area contributed by atoms with Crippen molar-refractivity contribution >= 4 is 27.9 Å². The number of hydrogen-bond donors (Lipinski definition) is 1. The predicted molar refractivity (Wildman–Crippen MR) is 83.0 cm³/mol. The molecule has 108 valence electrons. The van der Waals surface area contributed by atoms with E-state index in [9.17, 15) is 0 Å². The third kappa shape index (κ3) is 2.14. The number of imidazole rings is 1. The summed E-state index contributed by atoms with van der Waals surface area (Å²) < 4.78 is 7.80. The van der Waals surface area contributed by atoms with Crippen LogP contribution in [-0.2, 0) is 11.3 Å². The highest BCUT2D eigenvalue weighted by molar-refractivity contribution is 6.02. The maximum absolute atomic E-state index is 6.11. The molecule has 0 aliphatic carbocycles. The summed E-state index contributed by atoms with van der Waals surface area (Å²) in [5.41, 5.74) is 9.03. The van der Waals surface area contributed by atoms with Gasteiger partial charge in [-0.1, -0.05) is 18.2 Å². The largest absolute Gasteiger partial charge is 0.378 e. The highest BCUT2D eigenvalue weighted by Crippen LogP contribution is 2.26. The number of anilines is 1. The molecule has 3 aromatic rings. The molecule has 1 aromatic carbocycles. The van der Waals surface area contributed by atoms with Crippen LogP contribution in [-0.4, -0.2) is 27.2 Å². The van der Waals surface area contributed by atoms with Crippen molar-refractivity contribution < 1.29 is 4.74 Å². The molecule has 1 atom stereocenters. The van der Waals surface area contributed by atoms with Crippen LogP contribution in [0.4, 0.5) is 5.95 Å². The van der Waals surface area contributed by atoms with Gasteiger partial charge in [0.25, 0.3) is 0 Å². The fraction of sp³-hybridized carbons (Fsp3) is 0.375. The zero-order valence-electron chi connectivity index (χ0n) is 11.8. The number of nitrogens with two attached hydrogens (primary N) is 1. The third-order valence-electron chi connectivity index (χ3n) is 4.21. The van der Waals surface area contributed by atoms with Gasteiger partial charge in [-0.2, -0.15) is 0 Å². The molecule has 1 aliphatic rings. The molecule has 0 saturated carbocycles. The molecule has 1 aliphatic heterocycles. The van der Waals surface area contributed by atoms with Crippen molar-refractivity contribution in [2.75, 3.05) is 12.3 Å². The lowest BCUT2D eigenvalue weighted by atomic mass is 10.1. The van der Waals surface area contributed by atoms with Crippen molar-refractivity contribution in [3.8, 4) is 0 Å². The van der Waals surface area contributed by atoms with Crippen molar-refractivity contribution in [2.45, 2.75) is 31.9 Å². The number of aromatic nitrogens is 3. The van der Waals surface area contributed by atoms with Crippen LogP contribution in [0, 0.1) is 0 Å². The van der Waals surface area contributed by atoms with Gasteiger partial charge >= 0.3 is 0 Å². The van der Waals surface area contributed by atoms with Gasteiger partial charge in [-0.05, 0) is 25.3 Å². The maximum atomic E-state index is 6.11. The van der Waals surface area contributed by atoms with Crippen LogP contribution in [0.15, 0.2) is 30.5 Å². The van der Waals surface area contributed by atoms with Gasteiger partial charge in [-0.3, -0.25) is 4.98 Å².